The number of aryl methyl sites for hydroxylation is 2. The first-order valence-corrected chi connectivity index (χ1v) is 11.8. The number of hydrogen-bond donors (Lipinski definition) is 1. The third-order valence-electron chi connectivity index (χ3n) is 5.57. The molecular formula is C26H29N3O2S. The van der Waals surface area contributed by atoms with Crippen LogP contribution in [0.2, 0.25) is 0 Å². The molecule has 1 aliphatic carbocycles. The molecule has 1 fully saturated rings. The minimum atomic E-state index is -0.212. The lowest BCUT2D eigenvalue weighted by molar-refractivity contribution is -0.133. The summed E-state index contributed by atoms with van der Waals surface area (Å²) in [6, 6.07) is 21.8. The van der Waals surface area contributed by atoms with Crippen molar-refractivity contribution in [2.75, 3.05) is 11.9 Å². The fourth-order valence-corrected chi connectivity index (χ4v) is 4.53. The molecule has 0 atom stereocenters. The molecule has 3 aromatic rings. The number of carbonyl (C=O) groups is 2. The molecule has 1 N–H and O–H groups in total. The number of anilines is 1. The zero-order chi connectivity index (χ0) is 22.5. The summed E-state index contributed by atoms with van der Waals surface area (Å²) in [4.78, 5) is 32.3. The minimum absolute atomic E-state index is 0.0362. The fourth-order valence-electron chi connectivity index (χ4n) is 3.63. The van der Waals surface area contributed by atoms with E-state index in [0.29, 0.717) is 13.1 Å². The van der Waals surface area contributed by atoms with Crippen molar-refractivity contribution in [1.82, 2.24) is 9.80 Å². The van der Waals surface area contributed by atoms with Gasteiger partial charge in [0.05, 0.1) is 6.54 Å². The Morgan fingerprint density at radius 1 is 0.938 bits per heavy atom. The van der Waals surface area contributed by atoms with Gasteiger partial charge < -0.3 is 15.1 Å². The molecule has 0 bridgehead atoms. The Morgan fingerprint density at radius 3 is 2.28 bits per heavy atom. The van der Waals surface area contributed by atoms with E-state index < -0.39 is 0 Å². The van der Waals surface area contributed by atoms with Gasteiger partial charge in [-0.05, 0) is 56.5 Å². The number of amides is 3. The van der Waals surface area contributed by atoms with E-state index in [1.165, 1.54) is 4.88 Å². The van der Waals surface area contributed by atoms with Crippen LogP contribution in [-0.4, -0.2) is 34.3 Å². The number of nitrogens with one attached hydrogen (secondary N) is 1. The van der Waals surface area contributed by atoms with Gasteiger partial charge in [-0.2, -0.15) is 0 Å². The third kappa shape index (κ3) is 5.98. The second-order valence-electron chi connectivity index (χ2n) is 8.40. The number of urea groups is 1. The second kappa shape index (κ2) is 10.0. The molecule has 1 heterocycles. The van der Waals surface area contributed by atoms with E-state index in [0.717, 1.165) is 34.5 Å². The van der Waals surface area contributed by atoms with Gasteiger partial charge in [0.15, 0.2) is 0 Å². The Morgan fingerprint density at radius 2 is 1.66 bits per heavy atom. The van der Waals surface area contributed by atoms with Crippen LogP contribution in [0, 0.1) is 13.8 Å². The van der Waals surface area contributed by atoms with Crippen LogP contribution in [0.25, 0.3) is 0 Å². The highest BCUT2D eigenvalue weighted by Crippen LogP contribution is 2.28. The monoisotopic (exact) mass is 447 g/mol. The molecule has 32 heavy (non-hydrogen) atoms. The van der Waals surface area contributed by atoms with Crippen molar-refractivity contribution >= 4 is 29.0 Å². The summed E-state index contributed by atoms with van der Waals surface area (Å²) in [5.41, 5.74) is 2.96. The van der Waals surface area contributed by atoms with Gasteiger partial charge >= 0.3 is 6.03 Å². The molecule has 5 nitrogen and oxygen atoms in total. The van der Waals surface area contributed by atoms with Crippen LogP contribution in [0.15, 0.2) is 66.7 Å². The lowest BCUT2D eigenvalue weighted by atomic mass is 10.2. The van der Waals surface area contributed by atoms with Gasteiger partial charge in [0.25, 0.3) is 0 Å². The molecule has 6 heteroatoms. The lowest BCUT2D eigenvalue weighted by Gasteiger charge is -2.28. The van der Waals surface area contributed by atoms with Gasteiger partial charge in [0.2, 0.25) is 5.91 Å². The van der Waals surface area contributed by atoms with Crippen molar-refractivity contribution in [2.45, 2.75) is 45.8 Å². The number of thiophene rings is 1. The average Bonchev–Trinajstić information content (AvgIpc) is 3.55. The average molecular weight is 448 g/mol. The van der Waals surface area contributed by atoms with Crippen molar-refractivity contribution in [2.24, 2.45) is 0 Å². The zero-order valence-corrected chi connectivity index (χ0v) is 19.4. The summed E-state index contributed by atoms with van der Waals surface area (Å²) in [7, 11) is 0. The van der Waals surface area contributed by atoms with Crippen LogP contribution >= 0.6 is 11.3 Å². The van der Waals surface area contributed by atoms with Gasteiger partial charge in [-0.25, -0.2) is 4.79 Å². The Labute approximate surface area is 193 Å². The summed E-state index contributed by atoms with van der Waals surface area (Å²) in [6.45, 7) is 5.23. The van der Waals surface area contributed by atoms with Crippen LogP contribution in [-0.2, 0) is 17.9 Å². The van der Waals surface area contributed by atoms with Gasteiger partial charge in [-0.1, -0.05) is 48.0 Å². The van der Waals surface area contributed by atoms with Crippen molar-refractivity contribution in [3.63, 3.8) is 0 Å². The number of carbonyl (C=O) groups excluding carboxylic acids is 2. The van der Waals surface area contributed by atoms with Gasteiger partial charge in [-0.15, -0.1) is 11.3 Å². The summed E-state index contributed by atoms with van der Waals surface area (Å²) in [6.07, 6.45) is 1.88. The number of rotatable bonds is 8. The van der Waals surface area contributed by atoms with Crippen LogP contribution in [0.5, 0.6) is 0 Å². The van der Waals surface area contributed by atoms with Crippen LogP contribution in [0.4, 0.5) is 10.5 Å². The highest BCUT2D eigenvalue weighted by molar-refractivity contribution is 7.11. The van der Waals surface area contributed by atoms with E-state index in [2.05, 4.69) is 24.4 Å². The maximum Gasteiger partial charge on any atom is 0.322 e. The SMILES string of the molecule is Cc1ccc(NC(=O)N(CC(=O)N(Cc2ccccc2)Cc2ccc(C)s2)C2CC2)cc1. The van der Waals surface area contributed by atoms with Gasteiger partial charge in [0.1, 0.15) is 6.54 Å². The molecule has 166 valence electrons. The van der Waals surface area contributed by atoms with E-state index in [1.807, 2.05) is 66.4 Å². The molecule has 4 rings (SSSR count). The largest absolute Gasteiger partial charge is 0.332 e. The molecule has 2 aromatic carbocycles. The highest BCUT2D eigenvalue weighted by Gasteiger charge is 2.35. The molecule has 1 saturated carbocycles. The standard InChI is InChI=1S/C26H29N3O2S/c1-19-8-11-22(12-9-19)27-26(31)29(23-13-14-23)18-25(30)28(16-21-6-4-3-5-7-21)17-24-15-10-20(2)32-24/h3-12,15,23H,13-14,16-18H2,1-2H3,(H,27,31). The third-order valence-corrected chi connectivity index (χ3v) is 6.55. The first-order chi connectivity index (χ1) is 15.5. The zero-order valence-electron chi connectivity index (χ0n) is 18.6. The maximum atomic E-state index is 13.4. The molecule has 0 aliphatic heterocycles. The van der Waals surface area contributed by atoms with E-state index in [1.54, 1.807) is 16.2 Å². The van der Waals surface area contributed by atoms with Crippen molar-refractivity contribution in [3.05, 3.63) is 87.6 Å². The quantitative estimate of drug-likeness (QED) is 0.489. The molecule has 0 saturated heterocycles. The van der Waals surface area contributed by atoms with Crippen LogP contribution in [0.1, 0.15) is 33.7 Å². The Hall–Kier alpha value is -3.12. The summed E-state index contributed by atoms with van der Waals surface area (Å²) in [5, 5.41) is 2.96. The van der Waals surface area contributed by atoms with Gasteiger partial charge in [-0.3, -0.25) is 4.79 Å². The van der Waals surface area contributed by atoms with Crippen molar-refractivity contribution in [3.8, 4) is 0 Å². The summed E-state index contributed by atoms with van der Waals surface area (Å²) < 4.78 is 0. The maximum absolute atomic E-state index is 13.4. The molecular weight excluding hydrogens is 418 g/mol. The molecule has 1 aliphatic rings. The molecule has 0 unspecified atom stereocenters. The number of hydrogen-bond acceptors (Lipinski definition) is 3. The molecule has 0 radical (unpaired) electrons. The Balaban J connectivity index is 1.47. The number of benzene rings is 2. The summed E-state index contributed by atoms with van der Waals surface area (Å²) >= 11 is 1.70. The molecule has 1 aromatic heterocycles. The molecule has 0 spiro atoms. The Bertz CT molecular complexity index is 1060. The topological polar surface area (TPSA) is 52.7 Å². The van der Waals surface area contributed by atoms with E-state index >= 15 is 0 Å². The second-order valence-corrected chi connectivity index (χ2v) is 9.78. The Kier molecular flexibility index (Phi) is 6.90. The smallest absolute Gasteiger partial charge is 0.322 e. The first kappa shape index (κ1) is 22.1. The fraction of sp³-hybridized carbons (Fsp3) is 0.308. The predicted molar refractivity (Wildman–Crippen MR) is 130 cm³/mol. The normalized spacial score (nSPS) is 12.9. The van der Waals surface area contributed by atoms with E-state index in [-0.39, 0.29) is 24.5 Å². The first-order valence-electron chi connectivity index (χ1n) is 11.0. The van der Waals surface area contributed by atoms with Gasteiger partial charge in [0, 0.05) is 28.0 Å². The van der Waals surface area contributed by atoms with Crippen molar-refractivity contribution in [1.29, 1.82) is 0 Å². The van der Waals surface area contributed by atoms with E-state index in [9.17, 15) is 9.59 Å². The summed E-state index contributed by atoms with van der Waals surface area (Å²) in [5.74, 6) is -0.0362. The van der Waals surface area contributed by atoms with Crippen molar-refractivity contribution < 1.29 is 9.59 Å². The predicted octanol–water partition coefficient (Wildman–Crippen LogP) is 5.59. The minimum Gasteiger partial charge on any atom is -0.332 e. The number of nitrogens with zero attached hydrogens (tertiary/aromatic N) is 2. The van der Waals surface area contributed by atoms with Crippen LogP contribution in [0.3, 0.4) is 0 Å². The van der Waals surface area contributed by atoms with Crippen LogP contribution < -0.4 is 5.32 Å². The van der Waals surface area contributed by atoms with E-state index in [4.69, 9.17) is 0 Å². The lowest BCUT2D eigenvalue weighted by Crippen LogP contribution is -2.45. The highest BCUT2D eigenvalue weighted by atomic mass is 32.1. The molecule has 3 amide bonds.